The molecule has 0 bridgehead atoms. The molecule has 12 heteroatoms. The molecule has 1 saturated carbocycles. The van der Waals surface area contributed by atoms with Crippen molar-refractivity contribution in [2.75, 3.05) is 27.2 Å². The van der Waals surface area contributed by atoms with Crippen LogP contribution in [0.2, 0.25) is 0 Å². The van der Waals surface area contributed by atoms with Crippen LogP contribution in [0.15, 0.2) is 35.9 Å². The first-order valence-corrected chi connectivity index (χ1v) is 16.7. The summed E-state index contributed by atoms with van der Waals surface area (Å²) in [6, 6.07) is 9.35. The van der Waals surface area contributed by atoms with E-state index in [1.165, 1.54) is 13.5 Å². The van der Waals surface area contributed by atoms with Gasteiger partial charge in [-0.25, -0.2) is 14.4 Å². The lowest BCUT2D eigenvalue weighted by Crippen LogP contribution is -2.48. The highest BCUT2D eigenvalue weighted by atomic mass is 32.2. The van der Waals surface area contributed by atoms with Crippen molar-refractivity contribution in [1.29, 1.82) is 0 Å². The van der Waals surface area contributed by atoms with Crippen LogP contribution in [-0.2, 0) is 26.3 Å². The lowest BCUT2D eigenvalue weighted by Gasteiger charge is -2.35. The number of benzene rings is 1. The highest BCUT2D eigenvalue weighted by molar-refractivity contribution is 7.88. The predicted octanol–water partition coefficient (Wildman–Crippen LogP) is 3.99. The maximum atomic E-state index is 14.2. The number of fused-ring (bicyclic) bond motifs is 5. The van der Waals surface area contributed by atoms with Crippen molar-refractivity contribution in [2.24, 2.45) is 0 Å². The van der Waals surface area contributed by atoms with Crippen molar-refractivity contribution < 1.29 is 27.5 Å². The van der Waals surface area contributed by atoms with Crippen LogP contribution in [0.5, 0.6) is 5.75 Å². The summed E-state index contributed by atoms with van der Waals surface area (Å²) in [5.41, 5.74) is 5.06. The van der Waals surface area contributed by atoms with Gasteiger partial charge in [-0.2, -0.15) is 8.42 Å². The number of morpholine rings is 1. The molecule has 6 rings (SSSR count). The fourth-order valence-electron chi connectivity index (χ4n) is 6.93. The molecule has 1 aromatic carbocycles. The summed E-state index contributed by atoms with van der Waals surface area (Å²) in [6.07, 6.45) is 7.28. The Hall–Kier alpha value is -3.74. The van der Waals surface area contributed by atoms with Gasteiger partial charge < -0.3 is 18.9 Å². The van der Waals surface area contributed by atoms with Crippen LogP contribution in [0.3, 0.4) is 0 Å². The number of hydrogen-bond donors (Lipinski definition) is 2. The zero-order valence-corrected chi connectivity index (χ0v) is 26.4. The van der Waals surface area contributed by atoms with Crippen molar-refractivity contribution in [3.63, 3.8) is 0 Å². The lowest BCUT2D eigenvalue weighted by molar-refractivity contribution is -0.139. The predicted molar refractivity (Wildman–Crippen MR) is 168 cm³/mol. The van der Waals surface area contributed by atoms with E-state index in [4.69, 9.17) is 14.5 Å². The quantitative estimate of drug-likeness (QED) is 0.426. The molecule has 2 aliphatic heterocycles. The SMILES string of the molecule is CNS(=O)(=O)NC(=O)c1ccc2c(C3CCCCC3)c3n(c2n1)CC(C(=O)N1C[C@@H](C)O[C@@H](C)C1)=Cc1cc(OC)ccc1-3. The number of ether oxygens (including phenoxy) is 2. The van der Waals surface area contributed by atoms with E-state index in [9.17, 15) is 18.0 Å². The zero-order chi connectivity index (χ0) is 31.2. The second-order valence-corrected chi connectivity index (χ2v) is 13.6. The number of nitrogens with one attached hydrogen (secondary N) is 2. The Bertz CT molecular complexity index is 1750. The molecule has 2 fully saturated rings. The molecule has 44 heavy (non-hydrogen) atoms. The van der Waals surface area contributed by atoms with Gasteiger partial charge in [0.25, 0.3) is 11.8 Å². The summed E-state index contributed by atoms with van der Waals surface area (Å²) >= 11 is 0. The summed E-state index contributed by atoms with van der Waals surface area (Å²) < 4.78 is 41.8. The summed E-state index contributed by atoms with van der Waals surface area (Å²) in [5, 5.41) is 0.906. The van der Waals surface area contributed by atoms with E-state index >= 15 is 0 Å². The Labute approximate surface area is 257 Å². The van der Waals surface area contributed by atoms with Crippen LogP contribution in [0.4, 0.5) is 0 Å². The van der Waals surface area contributed by atoms with Crippen molar-refractivity contribution in [3.8, 4) is 17.0 Å². The molecule has 0 unspecified atom stereocenters. The largest absolute Gasteiger partial charge is 0.497 e. The van der Waals surface area contributed by atoms with Crippen LogP contribution < -0.4 is 14.2 Å². The molecule has 2 N–H and O–H groups in total. The third-order valence-corrected chi connectivity index (χ3v) is 9.83. The van der Waals surface area contributed by atoms with Crippen molar-refractivity contribution in [2.45, 2.75) is 70.6 Å². The van der Waals surface area contributed by atoms with Crippen LogP contribution in [0.25, 0.3) is 28.4 Å². The Morgan fingerprint density at radius 2 is 1.77 bits per heavy atom. The van der Waals surface area contributed by atoms with Gasteiger partial charge in [0.05, 0.1) is 31.6 Å². The van der Waals surface area contributed by atoms with Crippen molar-refractivity contribution in [3.05, 3.63) is 52.7 Å². The van der Waals surface area contributed by atoms with E-state index in [1.54, 1.807) is 13.2 Å². The first-order valence-electron chi connectivity index (χ1n) is 15.2. The third kappa shape index (κ3) is 5.73. The number of amides is 2. The Morgan fingerprint density at radius 1 is 1.05 bits per heavy atom. The monoisotopic (exact) mass is 621 g/mol. The van der Waals surface area contributed by atoms with E-state index in [1.807, 2.05) is 58.4 Å². The average molecular weight is 622 g/mol. The normalized spacial score (nSPS) is 20.8. The number of rotatable bonds is 6. The fourth-order valence-corrected chi connectivity index (χ4v) is 7.38. The zero-order valence-electron chi connectivity index (χ0n) is 25.6. The minimum Gasteiger partial charge on any atom is -0.497 e. The summed E-state index contributed by atoms with van der Waals surface area (Å²) in [6.45, 7) is 5.15. The minimum absolute atomic E-state index is 0.0290. The Balaban J connectivity index is 1.56. The second kappa shape index (κ2) is 12.0. The van der Waals surface area contributed by atoms with E-state index in [-0.39, 0.29) is 36.3 Å². The molecule has 2 aromatic heterocycles. The van der Waals surface area contributed by atoms with Gasteiger partial charge in [0.1, 0.15) is 17.1 Å². The molecule has 0 radical (unpaired) electrons. The van der Waals surface area contributed by atoms with Crippen LogP contribution in [0.1, 0.15) is 73.5 Å². The summed E-state index contributed by atoms with van der Waals surface area (Å²) in [5.74, 6) is 0.0513. The molecule has 1 saturated heterocycles. The maximum absolute atomic E-state index is 14.2. The molecule has 0 spiro atoms. The maximum Gasteiger partial charge on any atom is 0.301 e. The van der Waals surface area contributed by atoms with E-state index in [0.29, 0.717) is 30.1 Å². The van der Waals surface area contributed by atoms with E-state index in [0.717, 1.165) is 53.5 Å². The molecule has 3 aromatic rings. The van der Waals surface area contributed by atoms with Gasteiger partial charge in [-0.05, 0) is 80.1 Å². The number of carbonyl (C=O) groups is 2. The third-order valence-electron chi connectivity index (χ3n) is 8.84. The van der Waals surface area contributed by atoms with Crippen molar-refractivity contribution in [1.82, 2.24) is 23.9 Å². The Morgan fingerprint density at radius 3 is 2.45 bits per heavy atom. The molecule has 234 valence electrons. The molecule has 1 aliphatic carbocycles. The average Bonchev–Trinajstić information content (AvgIpc) is 3.22. The molecule has 2 amide bonds. The highest BCUT2D eigenvalue weighted by Gasteiger charge is 2.34. The molecule has 11 nitrogen and oxygen atoms in total. The van der Waals surface area contributed by atoms with Crippen LogP contribution in [-0.4, -0.2) is 74.1 Å². The van der Waals surface area contributed by atoms with E-state index in [2.05, 4.69) is 4.72 Å². The van der Waals surface area contributed by atoms with Gasteiger partial charge in [-0.1, -0.05) is 19.3 Å². The lowest BCUT2D eigenvalue weighted by atomic mass is 9.81. The second-order valence-electron chi connectivity index (χ2n) is 12.0. The molecule has 3 aliphatic rings. The topological polar surface area (TPSA) is 132 Å². The number of methoxy groups -OCH3 is 1. The van der Waals surface area contributed by atoms with Crippen LogP contribution in [0, 0.1) is 0 Å². The van der Waals surface area contributed by atoms with E-state index < -0.39 is 16.1 Å². The first kappa shape index (κ1) is 30.3. The van der Waals surface area contributed by atoms with Crippen LogP contribution >= 0.6 is 0 Å². The van der Waals surface area contributed by atoms with Gasteiger partial charge >= 0.3 is 10.2 Å². The smallest absolute Gasteiger partial charge is 0.301 e. The Kier molecular flexibility index (Phi) is 8.25. The molecule has 2 atom stereocenters. The number of hydrogen-bond acceptors (Lipinski definition) is 7. The number of pyridine rings is 1. The van der Waals surface area contributed by atoms with Gasteiger partial charge in [-0.3, -0.25) is 9.59 Å². The van der Waals surface area contributed by atoms with Gasteiger partial charge in [0, 0.05) is 36.7 Å². The van der Waals surface area contributed by atoms with Crippen molar-refractivity contribution >= 4 is 39.1 Å². The number of aromatic nitrogens is 2. The molecule has 4 heterocycles. The first-order chi connectivity index (χ1) is 21.1. The van der Waals surface area contributed by atoms with Gasteiger partial charge in [-0.15, -0.1) is 0 Å². The number of nitrogens with zero attached hydrogens (tertiary/aromatic N) is 3. The highest BCUT2D eigenvalue weighted by Crippen LogP contribution is 2.46. The summed E-state index contributed by atoms with van der Waals surface area (Å²) in [4.78, 5) is 33.8. The van der Waals surface area contributed by atoms with Gasteiger partial charge in [0.2, 0.25) is 0 Å². The molecular weight excluding hydrogens is 582 g/mol. The van der Waals surface area contributed by atoms with Gasteiger partial charge in [0.15, 0.2) is 0 Å². The standard InChI is InChI=1S/C32H39N5O6S/c1-19-16-36(17-20(2)43-19)32(39)23-14-22-15-24(42-4)10-11-25(22)29-28(21-8-6-5-7-9-21)26-12-13-27(34-30(26)37(29)18-23)31(38)35-44(40,41)33-3/h10-15,19-21,33H,5-9,16-18H2,1-4H3,(H,35,38)/t19-,20+. The minimum atomic E-state index is -4.02. The number of carbonyl (C=O) groups excluding carboxylic acids is 2. The fraction of sp³-hybridized carbons (Fsp3) is 0.469. The molecular formula is C32H39N5O6S. The summed E-state index contributed by atoms with van der Waals surface area (Å²) in [7, 11) is -1.17.